The Kier molecular flexibility index (Phi) is 28.4. The predicted molar refractivity (Wildman–Crippen MR) is 309 cm³/mol. The Labute approximate surface area is 490 Å². The lowest BCUT2D eigenvalue weighted by Gasteiger charge is -2.28. The maximum Gasteiger partial charge on any atom is 0.488 e. The minimum atomic E-state index is -1.86. The number of carboxylic acid groups (broad SMARTS) is 1. The van der Waals surface area contributed by atoms with Crippen molar-refractivity contribution in [3.8, 4) is 11.5 Å². The maximum absolute atomic E-state index is 14.6. The number of phenolic OH excluding ortho intramolecular Hbond substituents is 2. The van der Waals surface area contributed by atoms with E-state index in [0.29, 0.717) is 35.1 Å². The number of aromatic hydroxyl groups is 2. The molecule has 28 nitrogen and oxygen atoms in total. The zero-order valence-corrected chi connectivity index (χ0v) is 46.5. The van der Waals surface area contributed by atoms with E-state index in [2.05, 4.69) is 37.2 Å². The molecule has 4 aromatic carbocycles. The van der Waals surface area contributed by atoms with Crippen molar-refractivity contribution in [2.24, 2.45) is 22.9 Å². The first-order valence-electron chi connectivity index (χ1n) is 27.3. The number of rotatable bonds is 36. The molecule has 8 amide bonds. The normalized spacial score (nSPS) is 13.8. The van der Waals surface area contributed by atoms with Crippen molar-refractivity contribution >= 4 is 78.4 Å². The van der Waals surface area contributed by atoms with Gasteiger partial charge in [0.15, 0.2) is 0 Å². The number of carbonyl (C=O) groups is 9. The van der Waals surface area contributed by atoms with Gasteiger partial charge in [-0.3, -0.25) is 38.4 Å². The molecule has 4 rings (SSSR count). The smallest absolute Gasteiger partial charge is 0.488 e. The number of primary amides is 1. The fraction of sp³-hybridized carbons (Fsp3) is 0.400. The highest BCUT2D eigenvalue weighted by atomic mass is 16.4. The van der Waals surface area contributed by atoms with Gasteiger partial charge in [0.2, 0.25) is 47.3 Å². The van der Waals surface area contributed by atoms with Gasteiger partial charge in [-0.1, -0.05) is 72.8 Å². The molecular weight excluding hydrogens is 1110 g/mol. The van der Waals surface area contributed by atoms with E-state index in [0.717, 1.165) is 0 Å². The zero-order chi connectivity index (χ0) is 62.8. The molecule has 4 aromatic rings. The third-order valence-electron chi connectivity index (χ3n) is 13.4. The van der Waals surface area contributed by atoms with Crippen LogP contribution in [0.1, 0.15) is 67.2 Å². The third-order valence-corrected chi connectivity index (χ3v) is 13.4. The molecule has 30 heteroatoms. The first-order valence-corrected chi connectivity index (χ1v) is 27.3. The molecular formula is C55H75B2N11O17. The first kappa shape index (κ1) is 69.0. The molecule has 0 spiro atoms. The van der Waals surface area contributed by atoms with Gasteiger partial charge in [0.25, 0.3) is 0 Å². The van der Waals surface area contributed by atoms with Crippen LogP contribution in [0.2, 0.25) is 0 Å². The molecule has 0 aliphatic heterocycles. The van der Waals surface area contributed by atoms with Crippen molar-refractivity contribution in [3.05, 3.63) is 119 Å². The summed E-state index contributed by atoms with van der Waals surface area (Å²) in [6.45, 7) is -0.721. The minimum absolute atomic E-state index is 0.0563. The first-order chi connectivity index (χ1) is 40.4. The monoisotopic (exact) mass is 1180 g/mol. The van der Waals surface area contributed by atoms with E-state index in [-0.39, 0.29) is 86.9 Å². The quantitative estimate of drug-likeness (QED) is 0.0149. The van der Waals surface area contributed by atoms with Crippen molar-refractivity contribution in [2.45, 2.75) is 119 Å². The summed E-state index contributed by atoms with van der Waals surface area (Å²) in [7, 11) is -3.60. The number of phenols is 2. The molecule has 0 aromatic heterocycles. The average Bonchev–Trinajstić information content (AvgIpc) is 3.67. The number of aliphatic hydroxyl groups is 1. The Morgan fingerprint density at radius 2 is 0.718 bits per heavy atom. The number of hydrogen-bond acceptors (Lipinski definition) is 19. The Bertz CT molecular complexity index is 2860. The molecule has 0 fully saturated rings. The van der Waals surface area contributed by atoms with Crippen LogP contribution < -0.4 is 71.1 Å². The highest BCUT2D eigenvalue weighted by Crippen LogP contribution is 2.15. The van der Waals surface area contributed by atoms with Gasteiger partial charge in [-0.05, 0) is 115 Å². The molecule has 8 atom stereocenters. The van der Waals surface area contributed by atoms with Crippen LogP contribution in [0.15, 0.2) is 97.1 Å². The van der Waals surface area contributed by atoms with E-state index < -0.39 is 129 Å². The van der Waals surface area contributed by atoms with Crippen LogP contribution in [0.4, 0.5) is 0 Å². The van der Waals surface area contributed by atoms with Crippen molar-refractivity contribution in [1.82, 2.24) is 37.2 Å². The van der Waals surface area contributed by atoms with Gasteiger partial charge in [-0.15, -0.1) is 0 Å². The third kappa shape index (κ3) is 23.6. The second-order valence-corrected chi connectivity index (χ2v) is 20.2. The fourth-order valence-corrected chi connectivity index (χ4v) is 8.63. The lowest BCUT2D eigenvalue weighted by Crippen LogP contribution is -2.61. The van der Waals surface area contributed by atoms with Gasteiger partial charge in [-0.25, -0.2) is 4.79 Å². The lowest BCUT2D eigenvalue weighted by molar-refractivity contribution is -0.142. The summed E-state index contributed by atoms with van der Waals surface area (Å²) in [6, 6.07) is 10.2. The summed E-state index contributed by atoms with van der Waals surface area (Å²) in [5.74, 6) is -9.80. The molecule has 0 saturated heterocycles. The highest BCUT2D eigenvalue weighted by molar-refractivity contribution is 6.58. The summed E-state index contributed by atoms with van der Waals surface area (Å²) in [4.78, 5) is 123. The maximum atomic E-state index is 14.6. The van der Waals surface area contributed by atoms with Gasteiger partial charge < -0.3 is 101 Å². The molecule has 0 radical (unpaired) electrons. The van der Waals surface area contributed by atoms with Gasteiger partial charge >= 0.3 is 20.2 Å². The van der Waals surface area contributed by atoms with E-state index in [9.17, 15) is 83.7 Å². The lowest BCUT2D eigenvalue weighted by atomic mass is 9.80. The fourth-order valence-electron chi connectivity index (χ4n) is 8.63. The number of benzene rings is 4. The number of unbranched alkanes of at least 4 members (excludes halogenated alkanes) is 2. The standard InChI is InChI=1S/C55H75B2N11O17/c58-23-3-1-5-40(49(74)66-44(29-47(61)72)53(78)63-41(6-2-4-24-59)50(75)68-46(30-69)54(79)67-45(55(80)81)28-34-13-21-38(71)22-14-34)62-51(76)43(26-32-9-17-36(18-10-32)57(84)85)65-52(77)42(27-33-11-19-37(70)20-12-33)64-48(73)39(60)25-31-7-15-35(16-8-31)56(82)83/h7-22,39-46,69-71,82-85H,1-6,23-30,58-60H2,(H2,61,72)(H,62,76)(H,63,78)(H,64,73)(H,65,77)(H,66,74)(H,67,79)(H,68,75)(H,80,81)/t39-,40-,41-,42-,43-,44-,45-,46-/m0/s1. The van der Waals surface area contributed by atoms with Crippen LogP contribution in [0, 0.1) is 0 Å². The van der Waals surface area contributed by atoms with Crippen LogP contribution in [0.3, 0.4) is 0 Å². The largest absolute Gasteiger partial charge is 0.508 e. The number of nitrogens with two attached hydrogens (primary N) is 4. The van der Waals surface area contributed by atoms with E-state index in [1.165, 1.54) is 97.1 Å². The van der Waals surface area contributed by atoms with E-state index >= 15 is 0 Å². The summed E-state index contributed by atoms with van der Waals surface area (Å²) in [5, 5.41) is 95.4. The van der Waals surface area contributed by atoms with E-state index in [1.54, 1.807) is 0 Å². The molecule has 23 N–H and O–H groups in total. The predicted octanol–water partition coefficient (Wildman–Crippen LogP) is -6.34. The second kappa shape index (κ2) is 35.0. The number of nitrogens with one attached hydrogen (secondary N) is 7. The van der Waals surface area contributed by atoms with Crippen LogP contribution in [0.25, 0.3) is 0 Å². The van der Waals surface area contributed by atoms with Gasteiger partial charge in [0, 0.05) is 19.3 Å². The van der Waals surface area contributed by atoms with Crippen molar-refractivity contribution in [3.63, 3.8) is 0 Å². The number of carboxylic acids is 1. The van der Waals surface area contributed by atoms with Crippen LogP contribution in [0.5, 0.6) is 11.5 Å². The average molecular weight is 1180 g/mol. The van der Waals surface area contributed by atoms with Gasteiger partial charge in [0.1, 0.15) is 53.8 Å². The number of hydrogen-bond donors (Lipinski definition) is 19. The SMILES string of the molecule is NCCCC[C@H](NC(=O)[C@H](CC(N)=O)NC(=O)[C@H](CCCCN)NC(=O)[C@H](Cc1ccc(B(O)O)cc1)NC(=O)[C@H](Cc1ccc(O)cc1)NC(=O)[C@@H](N)Cc1ccc(B(O)O)cc1)C(=O)N[C@@H](CO)C(=O)N[C@@H](Cc1ccc(O)cc1)C(=O)O. The van der Waals surface area contributed by atoms with E-state index in [1.807, 2.05) is 0 Å². The Morgan fingerprint density at radius 1 is 0.412 bits per heavy atom. The van der Waals surface area contributed by atoms with Crippen LogP contribution in [-0.2, 0) is 68.8 Å². The van der Waals surface area contributed by atoms with Crippen LogP contribution in [-0.4, -0.2) is 176 Å². The van der Waals surface area contributed by atoms with Crippen molar-refractivity contribution < 1.29 is 83.7 Å². The Balaban J connectivity index is 1.61. The van der Waals surface area contributed by atoms with Crippen molar-refractivity contribution in [2.75, 3.05) is 19.7 Å². The number of aliphatic hydroxyl groups excluding tert-OH is 1. The zero-order valence-electron chi connectivity index (χ0n) is 46.5. The summed E-state index contributed by atoms with van der Waals surface area (Å²) in [6.07, 6.45) is -0.892. The molecule has 0 heterocycles. The molecule has 0 aliphatic carbocycles. The minimum Gasteiger partial charge on any atom is -0.508 e. The van der Waals surface area contributed by atoms with Gasteiger partial charge in [0.05, 0.1) is 19.1 Å². The second-order valence-electron chi connectivity index (χ2n) is 20.2. The molecule has 458 valence electrons. The number of aliphatic carboxylic acids is 1. The van der Waals surface area contributed by atoms with Crippen molar-refractivity contribution in [1.29, 1.82) is 0 Å². The molecule has 85 heavy (non-hydrogen) atoms. The molecule has 0 bridgehead atoms. The topological polar surface area (TPSA) is 504 Å². The summed E-state index contributed by atoms with van der Waals surface area (Å²) in [5.41, 5.74) is 25.4. The number of carbonyl (C=O) groups excluding carboxylic acids is 8. The van der Waals surface area contributed by atoms with Gasteiger partial charge in [-0.2, -0.15) is 0 Å². The van der Waals surface area contributed by atoms with Crippen LogP contribution >= 0.6 is 0 Å². The summed E-state index contributed by atoms with van der Waals surface area (Å²) < 4.78 is 0. The number of amides is 8. The molecule has 0 saturated carbocycles. The highest BCUT2D eigenvalue weighted by Gasteiger charge is 2.35. The summed E-state index contributed by atoms with van der Waals surface area (Å²) >= 11 is 0. The van der Waals surface area contributed by atoms with E-state index in [4.69, 9.17) is 22.9 Å². The Hall–Kier alpha value is -8.48. The molecule has 0 aliphatic rings. The Morgan fingerprint density at radius 3 is 1.09 bits per heavy atom. The molecule has 0 unspecified atom stereocenters.